The molecule has 0 aliphatic rings. The molecule has 0 aliphatic carbocycles. The molecule has 0 aromatic heterocycles. The van der Waals surface area contributed by atoms with Gasteiger partial charge in [0.05, 0.1) is 11.6 Å². The SMILES string of the molecule is CC(OCC(F)F)C(=O)Nc1cccc(C#N)c1. The Hall–Kier alpha value is -2.00. The number of anilines is 1. The molecule has 0 saturated carbocycles. The van der Waals surface area contributed by atoms with Crippen LogP contribution < -0.4 is 5.32 Å². The molecule has 96 valence electrons. The summed E-state index contributed by atoms with van der Waals surface area (Å²) in [6, 6.07) is 8.21. The van der Waals surface area contributed by atoms with E-state index in [1.807, 2.05) is 6.07 Å². The van der Waals surface area contributed by atoms with Crippen LogP contribution in [0.5, 0.6) is 0 Å². The molecule has 0 aliphatic heterocycles. The fourth-order valence-electron chi connectivity index (χ4n) is 1.20. The van der Waals surface area contributed by atoms with E-state index >= 15 is 0 Å². The fourth-order valence-corrected chi connectivity index (χ4v) is 1.20. The highest BCUT2D eigenvalue weighted by Gasteiger charge is 2.15. The molecule has 1 N–H and O–H groups in total. The van der Waals surface area contributed by atoms with Crippen LogP contribution in [-0.2, 0) is 9.53 Å². The van der Waals surface area contributed by atoms with Gasteiger partial charge in [0, 0.05) is 5.69 Å². The zero-order valence-corrected chi connectivity index (χ0v) is 9.69. The standard InChI is InChI=1S/C12H12F2N2O2/c1-8(18-7-11(13)14)12(17)16-10-4-2-3-9(5-10)6-15/h2-5,8,11H,7H2,1H3,(H,16,17). The second kappa shape index (κ2) is 6.67. The van der Waals surface area contributed by atoms with Gasteiger partial charge in [0.2, 0.25) is 0 Å². The molecule has 0 spiro atoms. The third kappa shape index (κ3) is 4.47. The van der Waals surface area contributed by atoms with E-state index in [2.05, 4.69) is 10.1 Å². The highest BCUT2D eigenvalue weighted by molar-refractivity contribution is 5.94. The summed E-state index contributed by atoms with van der Waals surface area (Å²) < 4.78 is 28.4. The smallest absolute Gasteiger partial charge is 0.261 e. The van der Waals surface area contributed by atoms with E-state index in [-0.39, 0.29) is 0 Å². The molecule has 4 nitrogen and oxygen atoms in total. The van der Waals surface area contributed by atoms with Crippen molar-refractivity contribution >= 4 is 11.6 Å². The van der Waals surface area contributed by atoms with E-state index in [0.29, 0.717) is 11.3 Å². The summed E-state index contributed by atoms with van der Waals surface area (Å²) in [5.41, 5.74) is 0.820. The minimum atomic E-state index is -2.61. The molecular weight excluding hydrogens is 242 g/mol. The van der Waals surface area contributed by atoms with Gasteiger partial charge in [-0.05, 0) is 25.1 Å². The van der Waals surface area contributed by atoms with Crippen LogP contribution >= 0.6 is 0 Å². The van der Waals surface area contributed by atoms with Gasteiger partial charge in [0.15, 0.2) is 0 Å². The fraction of sp³-hybridized carbons (Fsp3) is 0.333. The largest absolute Gasteiger partial charge is 0.363 e. The summed E-state index contributed by atoms with van der Waals surface area (Å²) in [7, 11) is 0. The number of hydrogen-bond acceptors (Lipinski definition) is 3. The molecular formula is C12H12F2N2O2. The first kappa shape index (κ1) is 14.1. The van der Waals surface area contributed by atoms with Crippen LogP contribution in [-0.4, -0.2) is 25.0 Å². The Morgan fingerprint density at radius 3 is 2.89 bits per heavy atom. The van der Waals surface area contributed by atoms with Crippen molar-refractivity contribution < 1.29 is 18.3 Å². The number of carbonyl (C=O) groups excluding carboxylic acids is 1. The number of hydrogen-bond donors (Lipinski definition) is 1. The Labute approximate surface area is 103 Å². The normalized spacial score (nSPS) is 11.9. The van der Waals surface area contributed by atoms with Gasteiger partial charge in [0.25, 0.3) is 12.3 Å². The van der Waals surface area contributed by atoms with Gasteiger partial charge in [-0.2, -0.15) is 5.26 Å². The quantitative estimate of drug-likeness (QED) is 0.875. The van der Waals surface area contributed by atoms with Crippen LogP contribution in [0.3, 0.4) is 0 Å². The molecule has 1 amide bonds. The Kier molecular flexibility index (Phi) is 5.21. The number of alkyl halides is 2. The molecule has 6 heteroatoms. The van der Waals surface area contributed by atoms with Gasteiger partial charge in [-0.15, -0.1) is 0 Å². The first-order valence-electron chi connectivity index (χ1n) is 5.23. The summed E-state index contributed by atoms with van der Waals surface area (Å²) in [4.78, 5) is 11.6. The van der Waals surface area contributed by atoms with Gasteiger partial charge >= 0.3 is 0 Å². The minimum absolute atomic E-state index is 0.397. The Morgan fingerprint density at radius 2 is 2.28 bits per heavy atom. The first-order chi connectivity index (χ1) is 8.52. The zero-order valence-electron chi connectivity index (χ0n) is 9.69. The van der Waals surface area contributed by atoms with E-state index in [1.165, 1.54) is 13.0 Å². The topological polar surface area (TPSA) is 62.1 Å². The zero-order chi connectivity index (χ0) is 13.5. The maximum Gasteiger partial charge on any atom is 0.261 e. The number of rotatable bonds is 5. The lowest BCUT2D eigenvalue weighted by Crippen LogP contribution is -2.29. The van der Waals surface area contributed by atoms with Crippen molar-refractivity contribution in [2.24, 2.45) is 0 Å². The summed E-state index contributed by atoms with van der Waals surface area (Å²) in [5, 5.41) is 11.2. The van der Waals surface area contributed by atoms with Crippen molar-refractivity contribution in [2.45, 2.75) is 19.5 Å². The highest BCUT2D eigenvalue weighted by Crippen LogP contribution is 2.10. The second-order valence-corrected chi connectivity index (χ2v) is 3.55. The molecule has 1 atom stereocenters. The molecule has 0 bridgehead atoms. The number of nitrogens with zero attached hydrogens (tertiary/aromatic N) is 1. The van der Waals surface area contributed by atoms with E-state index in [4.69, 9.17) is 5.26 Å². The summed E-state index contributed by atoms with van der Waals surface area (Å²) in [6.45, 7) is 0.596. The molecule has 18 heavy (non-hydrogen) atoms. The van der Waals surface area contributed by atoms with Crippen LogP contribution in [0.2, 0.25) is 0 Å². The molecule has 0 fully saturated rings. The van der Waals surface area contributed by atoms with Crippen LogP contribution in [0.1, 0.15) is 12.5 Å². The maximum atomic E-state index is 11.9. The number of nitrogens with one attached hydrogen (secondary N) is 1. The van der Waals surface area contributed by atoms with Crippen molar-refractivity contribution in [2.75, 3.05) is 11.9 Å². The maximum absolute atomic E-state index is 11.9. The number of halogens is 2. The Balaban J connectivity index is 2.56. The van der Waals surface area contributed by atoms with Gasteiger partial charge in [0.1, 0.15) is 12.7 Å². The first-order valence-corrected chi connectivity index (χ1v) is 5.23. The average molecular weight is 254 g/mol. The van der Waals surface area contributed by atoms with Crippen LogP contribution in [0.15, 0.2) is 24.3 Å². The summed E-state index contributed by atoms with van der Waals surface area (Å²) in [5.74, 6) is -0.536. The molecule has 1 aromatic carbocycles. The number of amides is 1. The lowest BCUT2D eigenvalue weighted by molar-refractivity contribution is -0.128. The van der Waals surface area contributed by atoms with E-state index in [1.54, 1.807) is 18.2 Å². The predicted molar refractivity (Wildman–Crippen MR) is 61.2 cm³/mol. The lowest BCUT2D eigenvalue weighted by atomic mass is 10.2. The predicted octanol–water partition coefficient (Wildman–Crippen LogP) is 2.17. The number of nitriles is 1. The monoisotopic (exact) mass is 254 g/mol. The van der Waals surface area contributed by atoms with Crippen molar-refractivity contribution in [3.63, 3.8) is 0 Å². The molecule has 1 aromatic rings. The van der Waals surface area contributed by atoms with Gasteiger partial charge in [-0.25, -0.2) is 8.78 Å². The van der Waals surface area contributed by atoms with Crippen molar-refractivity contribution in [3.05, 3.63) is 29.8 Å². The minimum Gasteiger partial charge on any atom is -0.363 e. The Morgan fingerprint density at radius 1 is 1.56 bits per heavy atom. The molecule has 1 unspecified atom stereocenters. The second-order valence-electron chi connectivity index (χ2n) is 3.55. The van der Waals surface area contributed by atoms with Crippen LogP contribution in [0.25, 0.3) is 0 Å². The van der Waals surface area contributed by atoms with E-state index in [0.717, 1.165) is 0 Å². The van der Waals surface area contributed by atoms with E-state index < -0.39 is 25.0 Å². The highest BCUT2D eigenvalue weighted by atomic mass is 19.3. The van der Waals surface area contributed by atoms with Gasteiger partial charge in [-0.3, -0.25) is 4.79 Å². The number of benzene rings is 1. The summed E-state index contributed by atoms with van der Waals surface area (Å²) >= 11 is 0. The van der Waals surface area contributed by atoms with E-state index in [9.17, 15) is 13.6 Å². The molecule has 0 saturated heterocycles. The number of ether oxygens (including phenoxy) is 1. The van der Waals surface area contributed by atoms with Crippen LogP contribution in [0, 0.1) is 11.3 Å². The van der Waals surface area contributed by atoms with Gasteiger partial charge in [-0.1, -0.05) is 6.07 Å². The third-order valence-electron chi connectivity index (χ3n) is 2.10. The number of carbonyl (C=O) groups is 1. The van der Waals surface area contributed by atoms with Crippen molar-refractivity contribution in [3.8, 4) is 6.07 Å². The summed E-state index contributed by atoms with van der Waals surface area (Å²) in [6.07, 6.45) is -3.59. The van der Waals surface area contributed by atoms with Crippen LogP contribution in [0.4, 0.5) is 14.5 Å². The molecule has 0 heterocycles. The lowest BCUT2D eigenvalue weighted by Gasteiger charge is -2.13. The average Bonchev–Trinajstić information content (AvgIpc) is 2.36. The third-order valence-corrected chi connectivity index (χ3v) is 2.10. The van der Waals surface area contributed by atoms with Crippen molar-refractivity contribution in [1.82, 2.24) is 0 Å². The molecule has 0 radical (unpaired) electrons. The van der Waals surface area contributed by atoms with Crippen molar-refractivity contribution in [1.29, 1.82) is 5.26 Å². The molecule has 1 rings (SSSR count). The van der Waals surface area contributed by atoms with Gasteiger partial charge < -0.3 is 10.1 Å². The Bertz CT molecular complexity index is 458.